The summed E-state index contributed by atoms with van der Waals surface area (Å²) in [6.07, 6.45) is 3.50. The maximum atomic E-state index is 11.4. The highest BCUT2D eigenvalue weighted by molar-refractivity contribution is 5.81. The first-order valence-electron chi connectivity index (χ1n) is 5.62. The Kier molecular flexibility index (Phi) is 5.11. The minimum atomic E-state index is -0.516. The molecule has 1 amide bonds. The van der Waals surface area contributed by atoms with E-state index in [-0.39, 0.29) is 6.04 Å². The first-order chi connectivity index (χ1) is 8.06. The number of hydrogen-bond donors (Lipinski definition) is 2. The third kappa shape index (κ3) is 3.83. The summed E-state index contributed by atoms with van der Waals surface area (Å²) < 4.78 is 6.71. The van der Waals surface area contributed by atoms with Gasteiger partial charge in [0.15, 0.2) is 0 Å². The zero-order valence-electron chi connectivity index (χ0n) is 10.5. The highest BCUT2D eigenvalue weighted by atomic mass is 16.5. The number of carbonyl (C=O) groups excluding carboxylic acids is 1. The van der Waals surface area contributed by atoms with E-state index < -0.39 is 11.9 Å². The van der Waals surface area contributed by atoms with Gasteiger partial charge in [0, 0.05) is 31.5 Å². The Balaban J connectivity index is 2.71. The van der Waals surface area contributed by atoms with Crippen LogP contribution in [-0.2, 0) is 9.53 Å². The molecule has 0 saturated carbocycles. The van der Waals surface area contributed by atoms with Crippen LogP contribution in [0.2, 0.25) is 0 Å². The van der Waals surface area contributed by atoms with E-state index >= 15 is 0 Å². The molecule has 1 aromatic rings. The molecule has 0 spiro atoms. The van der Waals surface area contributed by atoms with E-state index in [2.05, 4.69) is 10.4 Å². The number of hydrogen-bond acceptors (Lipinski definition) is 4. The molecule has 1 unspecified atom stereocenters. The summed E-state index contributed by atoms with van der Waals surface area (Å²) in [4.78, 5) is 11.4. The fourth-order valence-electron chi connectivity index (χ4n) is 1.47. The molecule has 1 heterocycles. The van der Waals surface area contributed by atoms with Crippen LogP contribution < -0.4 is 11.1 Å². The zero-order chi connectivity index (χ0) is 12.8. The smallest absolute Gasteiger partial charge is 0.239 e. The molecule has 6 heteroatoms. The van der Waals surface area contributed by atoms with Crippen LogP contribution in [0.4, 0.5) is 0 Å². The molecule has 0 fully saturated rings. The van der Waals surface area contributed by atoms with Gasteiger partial charge in [-0.3, -0.25) is 14.8 Å². The van der Waals surface area contributed by atoms with Gasteiger partial charge in [-0.05, 0) is 13.8 Å². The summed E-state index contributed by atoms with van der Waals surface area (Å²) >= 11 is 0. The van der Waals surface area contributed by atoms with E-state index in [0.717, 1.165) is 5.56 Å². The highest BCUT2D eigenvalue weighted by Crippen LogP contribution is 2.13. The normalized spacial score (nSPS) is 12.9. The Bertz CT molecular complexity index is 362. The maximum Gasteiger partial charge on any atom is 0.239 e. The van der Waals surface area contributed by atoms with Crippen LogP contribution in [-0.4, -0.2) is 35.9 Å². The molecule has 0 bridgehead atoms. The summed E-state index contributed by atoms with van der Waals surface area (Å²) in [5.41, 5.74) is 6.14. The Labute approximate surface area is 101 Å². The third-order valence-corrected chi connectivity index (χ3v) is 2.42. The van der Waals surface area contributed by atoms with Gasteiger partial charge in [-0.2, -0.15) is 5.10 Å². The Hall–Kier alpha value is -1.40. The van der Waals surface area contributed by atoms with Gasteiger partial charge in [-0.25, -0.2) is 0 Å². The number of carbonyl (C=O) groups is 1. The molecular weight excluding hydrogens is 220 g/mol. The average Bonchev–Trinajstić information content (AvgIpc) is 2.73. The number of amides is 1. The summed E-state index contributed by atoms with van der Waals surface area (Å²) in [6.45, 7) is 5.14. The molecule has 0 radical (unpaired) electrons. The third-order valence-electron chi connectivity index (χ3n) is 2.42. The van der Waals surface area contributed by atoms with Crippen LogP contribution in [0.15, 0.2) is 12.4 Å². The highest BCUT2D eigenvalue weighted by Gasteiger charge is 2.19. The van der Waals surface area contributed by atoms with Crippen molar-refractivity contribution in [3.63, 3.8) is 0 Å². The van der Waals surface area contributed by atoms with Crippen molar-refractivity contribution in [3.8, 4) is 0 Å². The van der Waals surface area contributed by atoms with Crippen LogP contribution in [0.5, 0.6) is 0 Å². The number of aromatic nitrogens is 2. The zero-order valence-corrected chi connectivity index (χ0v) is 10.5. The fourth-order valence-corrected chi connectivity index (χ4v) is 1.47. The second kappa shape index (κ2) is 6.36. The van der Waals surface area contributed by atoms with E-state index in [9.17, 15) is 4.79 Å². The Morgan fingerprint density at radius 3 is 2.82 bits per heavy atom. The maximum absolute atomic E-state index is 11.4. The Morgan fingerprint density at radius 2 is 2.35 bits per heavy atom. The van der Waals surface area contributed by atoms with Crippen LogP contribution in [0.1, 0.15) is 31.5 Å². The molecule has 0 aliphatic heterocycles. The largest absolute Gasteiger partial charge is 0.383 e. The minimum absolute atomic E-state index is 0.260. The minimum Gasteiger partial charge on any atom is -0.383 e. The van der Waals surface area contributed by atoms with Gasteiger partial charge in [-0.1, -0.05) is 0 Å². The second-order valence-electron chi connectivity index (χ2n) is 4.13. The van der Waals surface area contributed by atoms with E-state index in [1.807, 2.05) is 20.0 Å². The molecule has 1 rings (SSSR count). The predicted octanol–water partition coefficient (Wildman–Crippen LogP) is 0.226. The molecule has 17 heavy (non-hydrogen) atoms. The first kappa shape index (κ1) is 13.7. The van der Waals surface area contributed by atoms with Crippen LogP contribution in [0.3, 0.4) is 0 Å². The number of methoxy groups -OCH3 is 1. The lowest BCUT2D eigenvalue weighted by molar-refractivity contribution is -0.120. The van der Waals surface area contributed by atoms with Gasteiger partial charge in [0.05, 0.1) is 12.8 Å². The quantitative estimate of drug-likeness (QED) is 0.668. The van der Waals surface area contributed by atoms with Crippen molar-refractivity contribution in [2.45, 2.75) is 25.9 Å². The van der Waals surface area contributed by atoms with Gasteiger partial charge in [0.1, 0.15) is 6.04 Å². The number of ether oxygens (including phenoxy) is 1. The van der Waals surface area contributed by atoms with Crippen molar-refractivity contribution >= 4 is 5.91 Å². The van der Waals surface area contributed by atoms with Crippen molar-refractivity contribution < 1.29 is 9.53 Å². The number of nitrogens with one attached hydrogen (secondary N) is 1. The summed E-state index contributed by atoms with van der Waals surface area (Å²) in [6, 6.07) is -0.256. The molecule has 1 aromatic heterocycles. The van der Waals surface area contributed by atoms with Gasteiger partial charge in [0.25, 0.3) is 0 Å². The molecular formula is C11H20N4O2. The molecule has 0 aliphatic rings. The van der Waals surface area contributed by atoms with Crippen molar-refractivity contribution in [3.05, 3.63) is 18.0 Å². The average molecular weight is 240 g/mol. The molecule has 6 nitrogen and oxygen atoms in total. The SMILES string of the molecule is COCCNC(C(N)=O)c1cnn(C(C)C)c1. The monoisotopic (exact) mass is 240 g/mol. The number of rotatable bonds is 7. The number of primary amides is 1. The molecule has 0 aliphatic carbocycles. The fraction of sp³-hybridized carbons (Fsp3) is 0.636. The second-order valence-corrected chi connectivity index (χ2v) is 4.13. The topological polar surface area (TPSA) is 82.2 Å². The molecule has 1 atom stereocenters. The van der Waals surface area contributed by atoms with Crippen molar-refractivity contribution in [1.29, 1.82) is 0 Å². The molecule has 96 valence electrons. The first-order valence-corrected chi connectivity index (χ1v) is 5.62. The standard InChI is InChI=1S/C11H20N4O2/c1-8(2)15-7-9(6-14-15)10(11(12)16)13-4-5-17-3/h6-8,10,13H,4-5H2,1-3H3,(H2,12,16). The predicted molar refractivity (Wildman–Crippen MR) is 64.4 cm³/mol. The summed E-state index contributed by atoms with van der Waals surface area (Å²) in [7, 11) is 1.61. The Morgan fingerprint density at radius 1 is 1.65 bits per heavy atom. The molecule has 0 saturated heterocycles. The lowest BCUT2D eigenvalue weighted by Crippen LogP contribution is -2.35. The van der Waals surface area contributed by atoms with Gasteiger partial charge in [-0.15, -0.1) is 0 Å². The summed E-state index contributed by atoms with van der Waals surface area (Å²) in [5.74, 6) is -0.413. The van der Waals surface area contributed by atoms with Crippen molar-refractivity contribution in [2.24, 2.45) is 5.73 Å². The van der Waals surface area contributed by atoms with E-state index in [1.165, 1.54) is 0 Å². The van der Waals surface area contributed by atoms with Gasteiger partial charge < -0.3 is 10.5 Å². The van der Waals surface area contributed by atoms with Gasteiger partial charge >= 0.3 is 0 Å². The van der Waals surface area contributed by atoms with E-state index in [1.54, 1.807) is 18.0 Å². The molecule has 0 aromatic carbocycles. The number of nitrogens with zero attached hydrogens (tertiary/aromatic N) is 2. The van der Waals surface area contributed by atoms with Crippen LogP contribution in [0.25, 0.3) is 0 Å². The lowest BCUT2D eigenvalue weighted by Gasteiger charge is -2.13. The molecule has 3 N–H and O–H groups in total. The van der Waals surface area contributed by atoms with E-state index in [0.29, 0.717) is 13.2 Å². The lowest BCUT2D eigenvalue weighted by atomic mass is 10.1. The van der Waals surface area contributed by atoms with Crippen molar-refractivity contribution in [2.75, 3.05) is 20.3 Å². The summed E-state index contributed by atoms with van der Waals surface area (Å²) in [5, 5.41) is 7.22. The van der Waals surface area contributed by atoms with Crippen LogP contribution in [0, 0.1) is 0 Å². The van der Waals surface area contributed by atoms with Crippen molar-refractivity contribution in [1.82, 2.24) is 15.1 Å². The van der Waals surface area contributed by atoms with Crippen LogP contribution >= 0.6 is 0 Å². The number of nitrogens with two attached hydrogens (primary N) is 1. The van der Waals surface area contributed by atoms with E-state index in [4.69, 9.17) is 10.5 Å². The van der Waals surface area contributed by atoms with Gasteiger partial charge in [0.2, 0.25) is 5.91 Å².